The van der Waals surface area contributed by atoms with E-state index < -0.39 is 6.23 Å². The fourth-order valence-electron chi connectivity index (χ4n) is 1.21. The highest BCUT2D eigenvalue weighted by Gasteiger charge is 2.16. The Balaban J connectivity index is 2.37. The lowest BCUT2D eigenvalue weighted by Gasteiger charge is -2.16. The summed E-state index contributed by atoms with van der Waals surface area (Å²) in [6, 6.07) is 0. The van der Waals surface area contributed by atoms with Crippen LogP contribution in [0.15, 0.2) is 0 Å². The van der Waals surface area contributed by atoms with Crippen molar-refractivity contribution in [1.82, 2.24) is 4.90 Å². The van der Waals surface area contributed by atoms with E-state index in [1.165, 1.54) is 12.8 Å². The zero-order chi connectivity index (χ0) is 7.40. The van der Waals surface area contributed by atoms with Crippen LogP contribution >= 0.6 is 0 Å². The molecule has 56 valence electrons. The van der Waals surface area contributed by atoms with E-state index in [1.54, 1.807) is 6.92 Å². The maximum atomic E-state index is 9.30. The summed E-state index contributed by atoms with van der Waals surface area (Å²) in [5.74, 6) is 5.42. The van der Waals surface area contributed by atoms with E-state index in [4.69, 9.17) is 0 Å². The van der Waals surface area contributed by atoms with Crippen LogP contribution < -0.4 is 0 Å². The van der Waals surface area contributed by atoms with Gasteiger partial charge < -0.3 is 5.11 Å². The van der Waals surface area contributed by atoms with Gasteiger partial charge in [-0.05, 0) is 19.8 Å². The Labute approximate surface area is 61.8 Å². The van der Waals surface area contributed by atoms with Crippen molar-refractivity contribution in [3.8, 4) is 11.8 Å². The van der Waals surface area contributed by atoms with E-state index >= 15 is 0 Å². The highest BCUT2D eigenvalue weighted by atomic mass is 16.3. The quantitative estimate of drug-likeness (QED) is 0.532. The van der Waals surface area contributed by atoms with Crippen LogP contribution in [0.5, 0.6) is 0 Å². The molecule has 10 heavy (non-hydrogen) atoms. The maximum Gasteiger partial charge on any atom is 0.170 e. The van der Waals surface area contributed by atoms with Gasteiger partial charge in [-0.3, -0.25) is 4.90 Å². The van der Waals surface area contributed by atoms with Gasteiger partial charge in [0.15, 0.2) is 6.23 Å². The summed E-state index contributed by atoms with van der Waals surface area (Å²) < 4.78 is 0. The number of likely N-dealkylation sites (tertiary alicyclic amines) is 1. The lowest BCUT2D eigenvalue weighted by molar-refractivity contribution is 0.0695. The van der Waals surface area contributed by atoms with Crippen LogP contribution in [0.2, 0.25) is 0 Å². The molecule has 0 amide bonds. The minimum Gasteiger partial charge on any atom is -0.367 e. The molecule has 1 heterocycles. The number of hydrogen-bond donors (Lipinski definition) is 1. The van der Waals surface area contributed by atoms with Gasteiger partial charge in [0, 0.05) is 13.1 Å². The molecule has 1 N–H and O–H groups in total. The Bertz CT molecular complexity index is 150. The third kappa shape index (κ3) is 1.73. The van der Waals surface area contributed by atoms with Gasteiger partial charge in [0.05, 0.1) is 0 Å². The summed E-state index contributed by atoms with van der Waals surface area (Å²) in [6.07, 6.45) is 1.87. The van der Waals surface area contributed by atoms with Crippen molar-refractivity contribution in [3.05, 3.63) is 0 Å². The third-order valence-corrected chi connectivity index (χ3v) is 1.76. The summed E-state index contributed by atoms with van der Waals surface area (Å²) in [5, 5.41) is 9.30. The van der Waals surface area contributed by atoms with Gasteiger partial charge in [-0.15, -0.1) is 5.92 Å². The number of aliphatic hydroxyl groups excluding tert-OH is 1. The average molecular weight is 139 g/mol. The van der Waals surface area contributed by atoms with E-state index in [1.807, 2.05) is 4.90 Å². The summed E-state index contributed by atoms with van der Waals surface area (Å²) in [6.45, 7) is 3.74. The predicted molar refractivity (Wildman–Crippen MR) is 40.3 cm³/mol. The zero-order valence-electron chi connectivity index (χ0n) is 6.30. The SMILES string of the molecule is CC#CC(O)N1CCCC1. The minimum absolute atomic E-state index is 0.521. The highest BCUT2D eigenvalue weighted by molar-refractivity contribution is 5.01. The van der Waals surface area contributed by atoms with Gasteiger partial charge in [0.2, 0.25) is 0 Å². The monoisotopic (exact) mass is 139 g/mol. The molecule has 0 aromatic carbocycles. The number of hydrogen-bond acceptors (Lipinski definition) is 2. The van der Waals surface area contributed by atoms with Crippen LogP contribution in [0.3, 0.4) is 0 Å². The lowest BCUT2D eigenvalue weighted by atomic mass is 10.4. The molecular weight excluding hydrogens is 126 g/mol. The number of aliphatic hydroxyl groups is 1. The van der Waals surface area contributed by atoms with Gasteiger partial charge in [-0.2, -0.15) is 0 Å². The van der Waals surface area contributed by atoms with E-state index in [-0.39, 0.29) is 0 Å². The van der Waals surface area contributed by atoms with Crippen LogP contribution in [0.4, 0.5) is 0 Å². The lowest BCUT2D eigenvalue weighted by Crippen LogP contribution is -2.30. The van der Waals surface area contributed by atoms with Crippen molar-refractivity contribution in [2.24, 2.45) is 0 Å². The van der Waals surface area contributed by atoms with Gasteiger partial charge in [0.1, 0.15) is 0 Å². The van der Waals surface area contributed by atoms with E-state index in [9.17, 15) is 5.11 Å². The Morgan fingerprint density at radius 3 is 2.50 bits per heavy atom. The second-order valence-corrected chi connectivity index (χ2v) is 2.51. The molecule has 0 aromatic heterocycles. The van der Waals surface area contributed by atoms with Gasteiger partial charge in [-0.1, -0.05) is 5.92 Å². The van der Waals surface area contributed by atoms with Crippen LogP contribution in [0.25, 0.3) is 0 Å². The van der Waals surface area contributed by atoms with Crippen LogP contribution in [-0.4, -0.2) is 29.3 Å². The van der Waals surface area contributed by atoms with Gasteiger partial charge >= 0.3 is 0 Å². The molecule has 0 bridgehead atoms. The smallest absolute Gasteiger partial charge is 0.170 e. The molecular formula is C8H13NO. The summed E-state index contributed by atoms with van der Waals surface area (Å²) in [5.41, 5.74) is 0. The molecule has 1 aliphatic rings. The number of nitrogens with zero attached hydrogens (tertiary/aromatic N) is 1. The largest absolute Gasteiger partial charge is 0.367 e. The Morgan fingerprint density at radius 1 is 1.40 bits per heavy atom. The van der Waals surface area contributed by atoms with Crippen LogP contribution in [-0.2, 0) is 0 Å². The molecule has 0 radical (unpaired) electrons. The topological polar surface area (TPSA) is 23.5 Å². The fraction of sp³-hybridized carbons (Fsp3) is 0.750. The maximum absolute atomic E-state index is 9.30. The minimum atomic E-state index is -0.521. The Hall–Kier alpha value is -0.520. The molecule has 1 aliphatic heterocycles. The molecule has 1 unspecified atom stereocenters. The zero-order valence-corrected chi connectivity index (χ0v) is 6.30. The second-order valence-electron chi connectivity index (χ2n) is 2.51. The molecule has 2 nitrogen and oxygen atoms in total. The first-order valence-corrected chi connectivity index (χ1v) is 3.69. The molecule has 1 fully saturated rings. The molecule has 1 atom stereocenters. The number of rotatable bonds is 1. The Kier molecular flexibility index (Phi) is 2.73. The standard InChI is InChI=1S/C8H13NO/c1-2-5-8(10)9-6-3-4-7-9/h8,10H,3-4,6-7H2,1H3. The van der Waals surface area contributed by atoms with Crippen molar-refractivity contribution in [1.29, 1.82) is 0 Å². The first-order valence-electron chi connectivity index (χ1n) is 3.69. The molecule has 0 aromatic rings. The van der Waals surface area contributed by atoms with Crippen molar-refractivity contribution >= 4 is 0 Å². The van der Waals surface area contributed by atoms with Crippen molar-refractivity contribution in [2.75, 3.05) is 13.1 Å². The van der Waals surface area contributed by atoms with E-state index in [0.29, 0.717) is 0 Å². The highest BCUT2D eigenvalue weighted by Crippen LogP contribution is 2.08. The fourth-order valence-corrected chi connectivity index (χ4v) is 1.21. The molecule has 0 aliphatic carbocycles. The third-order valence-electron chi connectivity index (χ3n) is 1.76. The van der Waals surface area contributed by atoms with E-state index in [0.717, 1.165) is 13.1 Å². The molecule has 0 saturated carbocycles. The summed E-state index contributed by atoms with van der Waals surface area (Å²) in [7, 11) is 0. The first-order chi connectivity index (χ1) is 4.84. The Morgan fingerprint density at radius 2 is 2.00 bits per heavy atom. The summed E-state index contributed by atoms with van der Waals surface area (Å²) in [4.78, 5) is 2.00. The normalized spacial score (nSPS) is 21.8. The second kappa shape index (κ2) is 3.60. The van der Waals surface area contributed by atoms with Crippen molar-refractivity contribution < 1.29 is 5.11 Å². The van der Waals surface area contributed by atoms with Gasteiger partial charge in [0.25, 0.3) is 0 Å². The summed E-state index contributed by atoms with van der Waals surface area (Å²) >= 11 is 0. The van der Waals surface area contributed by atoms with Gasteiger partial charge in [-0.25, -0.2) is 0 Å². The van der Waals surface area contributed by atoms with Crippen LogP contribution in [0.1, 0.15) is 19.8 Å². The van der Waals surface area contributed by atoms with Crippen LogP contribution in [0, 0.1) is 11.8 Å². The van der Waals surface area contributed by atoms with Crippen molar-refractivity contribution in [3.63, 3.8) is 0 Å². The molecule has 1 rings (SSSR count). The molecule has 2 heteroatoms. The van der Waals surface area contributed by atoms with E-state index in [2.05, 4.69) is 11.8 Å². The first kappa shape index (κ1) is 7.59. The molecule has 0 spiro atoms. The average Bonchev–Trinajstić information content (AvgIpc) is 2.38. The van der Waals surface area contributed by atoms with Crippen molar-refractivity contribution in [2.45, 2.75) is 26.0 Å². The predicted octanol–water partition coefficient (Wildman–Crippen LogP) is 0.424. The molecule has 1 saturated heterocycles.